The fourth-order valence-corrected chi connectivity index (χ4v) is 4.16. The molecule has 0 spiro atoms. The Morgan fingerprint density at radius 2 is 1.76 bits per heavy atom. The highest BCUT2D eigenvalue weighted by Crippen LogP contribution is 2.44. The minimum absolute atomic E-state index is 0.218. The van der Waals surface area contributed by atoms with Crippen LogP contribution in [0.2, 0.25) is 0 Å². The average molecular weight is 396 g/mol. The zero-order chi connectivity index (χ0) is 21.4. The van der Waals surface area contributed by atoms with Crippen LogP contribution in [0.15, 0.2) is 64.6 Å². The summed E-state index contributed by atoms with van der Waals surface area (Å²) in [7, 11) is 1.94. The van der Waals surface area contributed by atoms with Gasteiger partial charge in [0.1, 0.15) is 0 Å². The van der Waals surface area contributed by atoms with E-state index in [2.05, 4.69) is 61.5 Å². The molecule has 4 nitrogen and oxygen atoms in total. The molecule has 3 aliphatic rings. The molecule has 4 rings (SSSR count). The van der Waals surface area contributed by atoms with Crippen LogP contribution >= 0.6 is 0 Å². The van der Waals surface area contributed by atoms with E-state index in [1.54, 1.807) is 0 Å². The van der Waals surface area contributed by atoms with Crippen LogP contribution in [0, 0.1) is 17.8 Å². The van der Waals surface area contributed by atoms with Gasteiger partial charge in [-0.25, -0.2) is 0 Å². The number of benzene rings is 1. The second-order valence-electron chi connectivity index (χ2n) is 7.77. The van der Waals surface area contributed by atoms with Crippen LogP contribution in [0.25, 0.3) is 5.57 Å². The largest absolute Gasteiger partial charge is 0.388 e. The number of fused-ring (bicyclic) bond motifs is 4. The molecule has 0 saturated carbocycles. The van der Waals surface area contributed by atoms with Crippen molar-refractivity contribution in [1.29, 1.82) is 0 Å². The summed E-state index contributed by atoms with van der Waals surface area (Å²) in [5.41, 5.74) is 4.36. The quantitative estimate of drug-likeness (QED) is 0.539. The molecule has 1 N–H and O–H groups in total. The molecule has 0 aromatic heterocycles. The van der Waals surface area contributed by atoms with Crippen LogP contribution in [-0.2, 0) is 0 Å². The Morgan fingerprint density at radius 3 is 2.48 bits per heavy atom. The Bertz CT molecular complexity index is 778. The Hall–Kier alpha value is -2.20. The second-order valence-corrected chi connectivity index (χ2v) is 7.77. The van der Waals surface area contributed by atoms with Crippen molar-refractivity contribution < 1.29 is 5.11 Å². The first-order chi connectivity index (χ1) is 14.1. The highest BCUT2D eigenvalue weighted by atomic mass is 16.3. The molecule has 0 bridgehead atoms. The molecule has 0 saturated heterocycles. The Morgan fingerprint density at radius 1 is 1.10 bits per heavy atom. The number of rotatable bonds is 0. The number of nitrogens with zero attached hydrogens (tertiary/aromatic N) is 3. The van der Waals surface area contributed by atoms with Gasteiger partial charge in [-0.1, -0.05) is 94.8 Å². The molecule has 29 heavy (non-hydrogen) atoms. The molecule has 0 radical (unpaired) electrons. The van der Waals surface area contributed by atoms with Crippen molar-refractivity contribution in [3.63, 3.8) is 0 Å². The maximum Gasteiger partial charge on any atom is 0.0798 e. The van der Waals surface area contributed by atoms with Crippen LogP contribution < -0.4 is 0 Å². The van der Waals surface area contributed by atoms with E-state index in [9.17, 15) is 5.11 Å². The lowest BCUT2D eigenvalue weighted by Gasteiger charge is -2.32. The van der Waals surface area contributed by atoms with Crippen molar-refractivity contribution in [2.45, 2.75) is 53.6 Å². The predicted molar refractivity (Wildman–Crippen MR) is 122 cm³/mol. The average Bonchev–Trinajstić information content (AvgIpc) is 2.78. The van der Waals surface area contributed by atoms with Gasteiger partial charge >= 0.3 is 0 Å². The van der Waals surface area contributed by atoms with Gasteiger partial charge in [-0.3, -0.25) is 5.01 Å². The first kappa shape index (κ1) is 23.1. The minimum Gasteiger partial charge on any atom is -0.388 e. The molecule has 1 aliphatic heterocycles. The zero-order valence-corrected chi connectivity index (χ0v) is 18.8. The van der Waals surface area contributed by atoms with Crippen molar-refractivity contribution >= 4 is 5.57 Å². The molecule has 0 fully saturated rings. The summed E-state index contributed by atoms with van der Waals surface area (Å²) >= 11 is 0. The van der Waals surface area contributed by atoms with E-state index < -0.39 is 6.10 Å². The van der Waals surface area contributed by atoms with E-state index in [4.69, 9.17) is 0 Å². The first-order valence-corrected chi connectivity index (χ1v) is 11.0. The van der Waals surface area contributed by atoms with Crippen molar-refractivity contribution in [2.75, 3.05) is 13.6 Å². The Labute approximate surface area is 176 Å². The summed E-state index contributed by atoms with van der Waals surface area (Å²) in [5, 5.41) is 21.6. The van der Waals surface area contributed by atoms with Gasteiger partial charge in [0.15, 0.2) is 0 Å². The summed E-state index contributed by atoms with van der Waals surface area (Å²) < 4.78 is 0. The summed E-state index contributed by atoms with van der Waals surface area (Å²) in [6, 6.07) is 8.20. The first-order valence-electron chi connectivity index (χ1n) is 11.0. The maximum absolute atomic E-state index is 10.9. The minimum atomic E-state index is -0.452. The van der Waals surface area contributed by atoms with Gasteiger partial charge in [-0.05, 0) is 29.4 Å². The standard InChI is InChI=1S/C20H23N3O.C3H8.C2H6/c1-13-11-19(24)16-9-5-4-8-15(16)18-12-23(2)22-21-20(18)17-10-6-3-7-14(13)17;1-3-2;1-2/h3-10,13-14,17,19,24H,11-12H2,1-2H3;3H2,1-2H3;1-2H3. The third kappa shape index (κ3) is 5.24. The van der Waals surface area contributed by atoms with E-state index >= 15 is 0 Å². The number of allylic oxidation sites excluding steroid dienone is 4. The van der Waals surface area contributed by atoms with Crippen molar-refractivity contribution in [3.8, 4) is 0 Å². The van der Waals surface area contributed by atoms with E-state index in [1.165, 1.54) is 12.0 Å². The highest BCUT2D eigenvalue weighted by molar-refractivity contribution is 5.74. The summed E-state index contributed by atoms with van der Waals surface area (Å²) in [6.45, 7) is 11.2. The van der Waals surface area contributed by atoms with E-state index in [0.717, 1.165) is 29.8 Å². The molecule has 4 unspecified atom stereocenters. The van der Waals surface area contributed by atoms with Crippen LogP contribution in [-0.4, -0.2) is 23.7 Å². The van der Waals surface area contributed by atoms with Gasteiger partial charge in [0, 0.05) is 18.5 Å². The smallest absolute Gasteiger partial charge is 0.0798 e. The summed E-state index contributed by atoms with van der Waals surface area (Å²) in [6.07, 6.45) is 10.3. The number of aliphatic hydroxyl groups is 1. The molecular weight excluding hydrogens is 358 g/mol. The van der Waals surface area contributed by atoms with Crippen LogP contribution in [0.3, 0.4) is 0 Å². The fourth-order valence-electron chi connectivity index (χ4n) is 4.16. The number of aliphatic hydroxyl groups excluding tert-OH is 1. The fraction of sp³-hybridized carbons (Fsp3) is 0.520. The lowest BCUT2D eigenvalue weighted by atomic mass is 9.76. The highest BCUT2D eigenvalue weighted by Gasteiger charge is 2.35. The van der Waals surface area contributed by atoms with Crippen molar-refractivity contribution in [2.24, 2.45) is 28.1 Å². The van der Waals surface area contributed by atoms with Crippen LogP contribution in [0.4, 0.5) is 0 Å². The molecule has 2 aliphatic carbocycles. The Balaban J connectivity index is 0.000000551. The van der Waals surface area contributed by atoms with Crippen LogP contribution in [0.1, 0.15) is 64.7 Å². The number of hydrogen-bond acceptors (Lipinski definition) is 4. The molecular formula is C25H37N3O. The van der Waals surface area contributed by atoms with E-state index in [1.807, 2.05) is 44.1 Å². The molecule has 4 heteroatoms. The molecule has 1 heterocycles. The topological polar surface area (TPSA) is 48.2 Å². The molecule has 0 amide bonds. The van der Waals surface area contributed by atoms with Crippen LogP contribution in [0.5, 0.6) is 0 Å². The normalized spacial score (nSPS) is 27.1. The van der Waals surface area contributed by atoms with Crippen molar-refractivity contribution in [1.82, 2.24) is 5.01 Å². The number of likely N-dealkylation sites (N-methyl/N-ethyl adjacent to an activating group) is 1. The third-order valence-corrected chi connectivity index (χ3v) is 5.39. The molecule has 4 atom stereocenters. The number of hydrogen-bond donors (Lipinski definition) is 1. The molecule has 158 valence electrons. The van der Waals surface area contributed by atoms with Gasteiger partial charge in [0.2, 0.25) is 0 Å². The Kier molecular flexibility index (Phi) is 8.84. The van der Waals surface area contributed by atoms with Gasteiger partial charge in [-0.2, -0.15) is 0 Å². The van der Waals surface area contributed by atoms with Gasteiger partial charge in [0.25, 0.3) is 0 Å². The monoisotopic (exact) mass is 395 g/mol. The second kappa shape index (κ2) is 11.1. The van der Waals surface area contributed by atoms with E-state index in [-0.39, 0.29) is 5.92 Å². The lowest BCUT2D eigenvalue weighted by Crippen LogP contribution is -2.25. The predicted octanol–water partition coefficient (Wildman–Crippen LogP) is 6.58. The van der Waals surface area contributed by atoms with Gasteiger partial charge < -0.3 is 5.11 Å². The van der Waals surface area contributed by atoms with Crippen molar-refractivity contribution in [3.05, 3.63) is 65.4 Å². The third-order valence-electron chi connectivity index (χ3n) is 5.39. The lowest BCUT2D eigenvalue weighted by molar-refractivity contribution is 0.133. The maximum atomic E-state index is 10.9. The summed E-state index contributed by atoms with van der Waals surface area (Å²) in [4.78, 5) is 0. The SMILES string of the molecule is CC.CC1CC(O)c2ccccc2C2=C(N=NN(C)C2)C2C=CC=CC12.CCC. The zero-order valence-electron chi connectivity index (χ0n) is 18.8. The van der Waals surface area contributed by atoms with Gasteiger partial charge in [0.05, 0.1) is 18.3 Å². The molecule has 1 aromatic rings. The molecule has 1 aromatic carbocycles. The van der Waals surface area contributed by atoms with E-state index in [0.29, 0.717) is 11.8 Å². The van der Waals surface area contributed by atoms with Gasteiger partial charge in [-0.15, -0.1) is 5.11 Å². The summed E-state index contributed by atoms with van der Waals surface area (Å²) in [5.74, 6) is 0.920.